The summed E-state index contributed by atoms with van der Waals surface area (Å²) in [6, 6.07) is 0. The third-order valence-corrected chi connectivity index (χ3v) is 2.75. The zero-order valence-electron chi connectivity index (χ0n) is 5.81. The fourth-order valence-corrected chi connectivity index (χ4v) is 1.98. The van der Waals surface area contributed by atoms with E-state index in [-0.39, 0.29) is 0 Å². The highest BCUT2D eigenvalue weighted by molar-refractivity contribution is 7.99. The molecule has 1 heterocycles. The molecular formula is C8H7NOS. The van der Waals surface area contributed by atoms with Crippen LogP contribution in [0.15, 0.2) is 28.2 Å². The molecule has 1 aliphatic heterocycles. The predicted molar refractivity (Wildman–Crippen MR) is 46.6 cm³/mol. The van der Waals surface area contributed by atoms with Gasteiger partial charge in [-0.3, -0.25) is 4.79 Å². The summed E-state index contributed by atoms with van der Waals surface area (Å²) >= 11 is 1.56. The molecule has 3 heteroatoms. The van der Waals surface area contributed by atoms with Gasteiger partial charge in [-0.25, -0.2) is 4.40 Å². The lowest BCUT2D eigenvalue weighted by atomic mass is 9.97. The summed E-state index contributed by atoms with van der Waals surface area (Å²) in [5, 5.41) is 0.429. The maximum atomic E-state index is 10.4. The topological polar surface area (TPSA) is 29.4 Å². The molecule has 2 aliphatic rings. The van der Waals surface area contributed by atoms with Crippen molar-refractivity contribution in [2.75, 3.05) is 0 Å². The molecule has 2 atom stereocenters. The summed E-state index contributed by atoms with van der Waals surface area (Å²) in [6.07, 6.45) is 8.62. The number of allylic oxidation sites excluding steroid dienone is 3. The van der Waals surface area contributed by atoms with Gasteiger partial charge in [-0.1, -0.05) is 18.2 Å². The second-order valence-electron chi connectivity index (χ2n) is 2.55. The Morgan fingerprint density at radius 2 is 2.55 bits per heavy atom. The van der Waals surface area contributed by atoms with Crippen LogP contribution in [0.25, 0.3) is 0 Å². The Morgan fingerprint density at radius 3 is 3.36 bits per heavy atom. The van der Waals surface area contributed by atoms with Crippen molar-refractivity contribution >= 4 is 24.4 Å². The standard InChI is InChI=1S/C8H7NOS/c10-5-6-1-2-8-7(3-6)4-9-11-8/h1-5,7-8H. The van der Waals surface area contributed by atoms with Crippen LogP contribution in [0.5, 0.6) is 0 Å². The van der Waals surface area contributed by atoms with Crippen molar-refractivity contribution in [1.29, 1.82) is 0 Å². The molecule has 56 valence electrons. The maximum Gasteiger partial charge on any atom is 0.149 e. The summed E-state index contributed by atoms with van der Waals surface area (Å²) in [4.78, 5) is 10.4. The average molecular weight is 165 g/mol. The van der Waals surface area contributed by atoms with Gasteiger partial charge < -0.3 is 0 Å². The van der Waals surface area contributed by atoms with Crippen LogP contribution < -0.4 is 0 Å². The minimum atomic E-state index is 0.338. The summed E-state index contributed by atoms with van der Waals surface area (Å²) in [7, 11) is 0. The third kappa shape index (κ3) is 1.16. The molecule has 0 aromatic carbocycles. The molecule has 0 saturated heterocycles. The molecule has 2 nitrogen and oxygen atoms in total. The van der Waals surface area contributed by atoms with Crippen LogP contribution in [0.4, 0.5) is 0 Å². The summed E-state index contributed by atoms with van der Waals surface area (Å²) in [5.41, 5.74) is 0.764. The quantitative estimate of drug-likeness (QED) is 0.434. The van der Waals surface area contributed by atoms with Gasteiger partial charge in [-0.05, 0) is 11.9 Å². The van der Waals surface area contributed by atoms with Crippen LogP contribution in [0.2, 0.25) is 0 Å². The van der Waals surface area contributed by atoms with Crippen molar-refractivity contribution in [2.45, 2.75) is 5.25 Å². The van der Waals surface area contributed by atoms with Gasteiger partial charge >= 0.3 is 0 Å². The Hall–Kier alpha value is -0.830. The van der Waals surface area contributed by atoms with Gasteiger partial charge in [0.05, 0.1) is 5.25 Å². The van der Waals surface area contributed by atoms with Crippen LogP contribution >= 0.6 is 11.9 Å². The van der Waals surface area contributed by atoms with Crippen molar-refractivity contribution in [1.82, 2.24) is 0 Å². The summed E-state index contributed by atoms with van der Waals surface area (Å²) in [6.45, 7) is 0. The van der Waals surface area contributed by atoms with E-state index >= 15 is 0 Å². The fourth-order valence-electron chi connectivity index (χ4n) is 1.19. The number of nitrogens with zero attached hydrogens (tertiary/aromatic N) is 1. The average Bonchev–Trinajstić information content (AvgIpc) is 2.50. The smallest absolute Gasteiger partial charge is 0.149 e. The number of aldehydes is 1. The molecule has 0 spiro atoms. The highest BCUT2D eigenvalue weighted by Crippen LogP contribution is 2.31. The van der Waals surface area contributed by atoms with E-state index in [1.165, 1.54) is 0 Å². The Labute approximate surface area is 69.2 Å². The zero-order chi connectivity index (χ0) is 7.68. The molecule has 0 radical (unpaired) electrons. The van der Waals surface area contributed by atoms with E-state index in [1.807, 2.05) is 24.4 Å². The SMILES string of the molecule is O=CC1=CC2C=NSC2C=C1. The lowest BCUT2D eigenvalue weighted by molar-refractivity contribution is -0.104. The van der Waals surface area contributed by atoms with Crippen molar-refractivity contribution in [3.8, 4) is 0 Å². The van der Waals surface area contributed by atoms with Crippen LogP contribution in [-0.4, -0.2) is 17.8 Å². The first-order valence-corrected chi connectivity index (χ1v) is 4.28. The third-order valence-electron chi connectivity index (χ3n) is 1.79. The van der Waals surface area contributed by atoms with Crippen LogP contribution in [0.1, 0.15) is 0 Å². The highest BCUT2D eigenvalue weighted by Gasteiger charge is 2.23. The summed E-state index contributed by atoms with van der Waals surface area (Å²) < 4.78 is 4.08. The molecule has 2 unspecified atom stereocenters. The molecule has 0 bridgehead atoms. The van der Waals surface area contributed by atoms with E-state index in [9.17, 15) is 4.79 Å². The Balaban J connectivity index is 2.26. The van der Waals surface area contributed by atoms with E-state index in [0.29, 0.717) is 11.2 Å². The molecule has 0 N–H and O–H groups in total. The first-order valence-electron chi connectivity index (χ1n) is 3.44. The zero-order valence-corrected chi connectivity index (χ0v) is 6.62. The normalized spacial score (nSPS) is 33.3. The molecule has 0 aromatic heterocycles. The lowest BCUT2D eigenvalue weighted by Crippen LogP contribution is -2.13. The molecule has 1 aliphatic carbocycles. The fraction of sp³-hybridized carbons (Fsp3) is 0.250. The minimum absolute atomic E-state index is 0.338. The van der Waals surface area contributed by atoms with E-state index in [1.54, 1.807) is 11.9 Å². The summed E-state index contributed by atoms with van der Waals surface area (Å²) in [5.74, 6) is 0.338. The van der Waals surface area contributed by atoms with E-state index in [4.69, 9.17) is 0 Å². The van der Waals surface area contributed by atoms with Gasteiger partial charge in [0.1, 0.15) is 6.29 Å². The number of carbonyl (C=O) groups is 1. The van der Waals surface area contributed by atoms with Crippen LogP contribution in [0, 0.1) is 5.92 Å². The molecule has 2 rings (SSSR count). The maximum absolute atomic E-state index is 10.4. The Kier molecular flexibility index (Phi) is 1.66. The number of hydrogen-bond donors (Lipinski definition) is 0. The molecule has 0 saturated carbocycles. The second-order valence-corrected chi connectivity index (χ2v) is 3.51. The molecule has 0 amide bonds. The van der Waals surface area contributed by atoms with Crippen LogP contribution in [0.3, 0.4) is 0 Å². The van der Waals surface area contributed by atoms with Gasteiger partial charge in [0.25, 0.3) is 0 Å². The predicted octanol–water partition coefficient (Wildman–Crippen LogP) is 1.40. The first kappa shape index (κ1) is 6.85. The largest absolute Gasteiger partial charge is 0.298 e. The van der Waals surface area contributed by atoms with E-state index in [2.05, 4.69) is 4.40 Å². The van der Waals surface area contributed by atoms with Gasteiger partial charge in [0.2, 0.25) is 0 Å². The van der Waals surface area contributed by atoms with Crippen LogP contribution in [-0.2, 0) is 4.79 Å². The number of hydrogen-bond acceptors (Lipinski definition) is 3. The number of fused-ring (bicyclic) bond motifs is 1. The minimum Gasteiger partial charge on any atom is -0.298 e. The van der Waals surface area contributed by atoms with Crippen molar-refractivity contribution < 1.29 is 4.79 Å². The van der Waals surface area contributed by atoms with Gasteiger partial charge in [0.15, 0.2) is 0 Å². The van der Waals surface area contributed by atoms with Crippen molar-refractivity contribution in [3.63, 3.8) is 0 Å². The second kappa shape index (κ2) is 2.66. The molecule has 11 heavy (non-hydrogen) atoms. The number of rotatable bonds is 1. The van der Waals surface area contributed by atoms with Gasteiger partial charge in [0, 0.05) is 17.7 Å². The van der Waals surface area contributed by atoms with Gasteiger partial charge in [-0.2, -0.15) is 0 Å². The molecule has 0 aromatic rings. The lowest BCUT2D eigenvalue weighted by Gasteiger charge is -2.12. The van der Waals surface area contributed by atoms with E-state index < -0.39 is 0 Å². The Bertz CT molecular complexity index is 267. The van der Waals surface area contributed by atoms with E-state index in [0.717, 1.165) is 11.9 Å². The monoisotopic (exact) mass is 165 g/mol. The highest BCUT2D eigenvalue weighted by atomic mass is 32.2. The molecule has 0 fully saturated rings. The van der Waals surface area contributed by atoms with Crippen molar-refractivity contribution in [3.05, 3.63) is 23.8 Å². The van der Waals surface area contributed by atoms with Gasteiger partial charge in [-0.15, -0.1) is 0 Å². The first-order chi connectivity index (χ1) is 5.40. The Morgan fingerprint density at radius 1 is 1.64 bits per heavy atom. The molecular weight excluding hydrogens is 158 g/mol. The van der Waals surface area contributed by atoms with Crippen molar-refractivity contribution in [2.24, 2.45) is 10.3 Å². The number of carbonyl (C=O) groups excluding carboxylic acids is 1.